The Morgan fingerprint density at radius 1 is 0.917 bits per heavy atom. The minimum atomic E-state index is -1.12. The number of H-pyrrole nitrogens is 1. The van der Waals surface area contributed by atoms with Gasteiger partial charge in [0.1, 0.15) is 5.82 Å². The number of aromatic amines is 1. The predicted molar refractivity (Wildman–Crippen MR) is 141 cm³/mol. The fraction of sp³-hybridized carbons (Fsp3) is 0.0714. The number of pyridine rings is 1. The van der Waals surface area contributed by atoms with E-state index in [4.69, 9.17) is 4.99 Å². The second kappa shape index (κ2) is 8.66. The molecule has 0 bridgehead atoms. The van der Waals surface area contributed by atoms with Crippen molar-refractivity contribution >= 4 is 51.0 Å². The molecule has 0 unspecified atom stereocenters. The number of hydrogen-bond donors (Lipinski definition) is 3. The smallest absolute Gasteiger partial charge is 0.322 e. The van der Waals surface area contributed by atoms with Gasteiger partial charge >= 0.3 is 6.03 Å². The molecule has 8 nitrogen and oxygen atoms in total. The van der Waals surface area contributed by atoms with E-state index in [0.717, 1.165) is 38.6 Å². The van der Waals surface area contributed by atoms with Crippen molar-refractivity contribution in [3.8, 4) is 0 Å². The molecule has 1 aliphatic rings. The lowest BCUT2D eigenvalue weighted by molar-refractivity contribution is -0.119. The standard InChI is InChI=1S/C28H22N6O2/c1-34-23-14-8-6-12-19(23)25(17-9-3-2-4-10-17)32-26(27(34)35)33-28(36)31-24-15-20-18-11-5-7-13-21(18)30-22(20)16-29-24/h2-16,26,30H,1H3,(H2,29,31,33,36)/t26-/m1/s1. The molecule has 0 saturated heterocycles. The van der Waals surface area contributed by atoms with E-state index in [2.05, 4.69) is 20.6 Å². The molecular formula is C28H22N6O2. The molecule has 3 heterocycles. The highest BCUT2D eigenvalue weighted by atomic mass is 16.2. The van der Waals surface area contributed by atoms with Crippen molar-refractivity contribution in [1.29, 1.82) is 0 Å². The molecule has 36 heavy (non-hydrogen) atoms. The molecule has 3 aromatic carbocycles. The molecule has 0 radical (unpaired) electrons. The second-order valence-electron chi connectivity index (χ2n) is 8.54. The molecule has 0 spiro atoms. The number of nitrogens with one attached hydrogen (secondary N) is 3. The van der Waals surface area contributed by atoms with Crippen LogP contribution in [-0.2, 0) is 4.79 Å². The molecule has 3 N–H and O–H groups in total. The third-order valence-electron chi connectivity index (χ3n) is 6.29. The molecule has 6 rings (SSSR count). The molecule has 0 fully saturated rings. The van der Waals surface area contributed by atoms with Gasteiger partial charge in [-0.05, 0) is 18.2 Å². The molecule has 3 amide bonds. The quantitative estimate of drug-likeness (QED) is 0.354. The fourth-order valence-electron chi connectivity index (χ4n) is 4.54. The third kappa shape index (κ3) is 3.74. The highest BCUT2D eigenvalue weighted by molar-refractivity contribution is 6.20. The van der Waals surface area contributed by atoms with Crippen molar-refractivity contribution in [3.05, 3.63) is 102 Å². The van der Waals surface area contributed by atoms with E-state index >= 15 is 0 Å². The topological polar surface area (TPSA) is 102 Å². The number of benzodiazepines with no additional fused rings is 1. The lowest BCUT2D eigenvalue weighted by Crippen LogP contribution is -2.47. The third-order valence-corrected chi connectivity index (χ3v) is 6.29. The summed E-state index contributed by atoms with van der Waals surface area (Å²) in [6.45, 7) is 0. The molecule has 8 heteroatoms. The van der Waals surface area contributed by atoms with Gasteiger partial charge < -0.3 is 15.2 Å². The Morgan fingerprint density at radius 2 is 1.67 bits per heavy atom. The maximum atomic E-state index is 13.3. The van der Waals surface area contributed by atoms with E-state index in [9.17, 15) is 9.59 Å². The first-order chi connectivity index (χ1) is 17.6. The zero-order valence-electron chi connectivity index (χ0n) is 19.4. The van der Waals surface area contributed by atoms with Crippen LogP contribution < -0.4 is 15.5 Å². The van der Waals surface area contributed by atoms with Gasteiger partial charge in [-0.25, -0.2) is 14.8 Å². The Morgan fingerprint density at radius 3 is 2.53 bits per heavy atom. The van der Waals surface area contributed by atoms with E-state index in [0.29, 0.717) is 11.5 Å². The van der Waals surface area contributed by atoms with E-state index in [1.54, 1.807) is 13.2 Å². The van der Waals surface area contributed by atoms with Gasteiger partial charge in [-0.1, -0.05) is 66.7 Å². The van der Waals surface area contributed by atoms with Crippen LogP contribution in [0.2, 0.25) is 0 Å². The lowest BCUT2D eigenvalue weighted by Gasteiger charge is -2.20. The summed E-state index contributed by atoms with van der Waals surface area (Å²) >= 11 is 0. The van der Waals surface area contributed by atoms with Crippen LogP contribution in [0.1, 0.15) is 11.1 Å². The summed E-state index contributed by atoms with van der Waals surface area (Å²) in [5.74, 6) is 0.0262. The second-order valence-corrected chi connectivity index (χ2v) is 8.54. The number of anilines is 2. The first-order valence-electron chi connectivity index (χ1n) is 11.5. The van der Waals surface area contributed by atoms with Crippen LogP contribution in [0.5, 0.6) is 0 Å². The van der Waals surface area contributed by atoms with Crippen molar-refractivity contribution in [2.45, 2.75) is 6.17 Å². The molecule has 176 valence electrons. The maximum Gasteiger partial charge on any atom is 0.322 e. The van der Waals surface area contributed by atoms with Crippen molar-refractivity contribution in [2.24, 2.45) is 4.99 Å². The highest BCUT2D eigenvalue weighted by Gasteiger charge is 2.31. The molecule has 2 aromatic heterocycles. The zero-order chi connectivity index (χ0) is 24.6. The number of aliphatic imine (C=N–C) groups is 1. The summed E-state index contributed by atoms with van der Waals surface area (Å²) in [6.07, 6.45) is 0.562. The zero-order valence-corrected chi connectivity index (χ0v) is 19.4. The van der Waals surface area contributed by atoms with Gasteiger partial charge in [-0.2, -0.15) is 0 Å². The Hall–Kier alpha value is -4.98. The van der Waals surface area contributed by atoms with Crippen molar-refractivity contribution in [3.63, 3.8) is 0 Å². The Balaban J connectivity index is 1.32. The number of carbonyl (C=O) groups excluding carboxylic acids is 2. The number of benzene rings is 3. The number of para-hydroxylation sites is 2. The van der Waals surface area contributed by atoms with E-state index in [-0.39, 0.29) is 5.91 Å². The van der Waals surface area contributed by atoms with Gasteiger partial charge in [-0.15, -0.1) is 0 Å². The first kappa shape index (κ1) is 21.5. The average Bonchev–Trinajstić information content (AvgIpc) is 3.24. The number of rotatable bonds is 3. The summed E-state index contributed by atoms with van der Waals surface area (Å²) in [7, 11) is 1.68. The van der Waals surface area contributed by atoms with Gasteiger partial charge in [-0.3, -0.25) is 10.1 Å². The van der Waals surface area contributed by atoms with Gasteiger partial charge in [0, 0.05) is 34.5 Å². The first-order valence-corrected chi connectivity index (χ1v) is 11.5. The van der Waals surface area contributed by atoms with Gasteiger partial charge in [0.15, 0.2) is 0 Å². The van der Waals surface area contributed by atoms with E-state index in [1.165, 1.54) is 4.90 Å². The minimum absolute atomic E-state index is 0.344. The summed E-state index contributed by atoms with van der Waals surface area (Å²) in [5.41, 5.74) is 4.89. The predicted octanol–water partition coefficient (Wildman–Crippen LogP) is 4.68. The molecule has 1 atom stereocenters. The highest BCUT2D eigenvalue weighted by Crippen LogP contribution is 2.28. The van der Waals surface area contributed by atoms with Gasteiger partial charge in [0.25, 0.3) is 5.91 Å². The minimum Gasteiger partial charge on any atom is -0.353 e. The number of carbonyl (C=O) groups is 2. The Bertz CT molecular complexity index is 1660. The van der Waals surface area contributed by atoms with E-state index in [1.807, 2.05) is 84.9 Å². The van der Waals surface area contributed by atoms with Crippen LogP contribution in [0.3, 0.4) is 0 Å². The number of urea groups is 1. The average molecular weight is 475 g/mol. The van der Waals surface area contributed by atoms with Crippen LogP contribution in [0, 0.1) is 0 Å². The van der Waals surface area contributed by atoms with E-state index < -0.39 is 12.2 Å². The molecule has 5 aromatic rings. The Kier molecular flexibility index (Phi) is 5.19. The van der Waals surface area contributed by atoms with Gasteiger partial charge in [0.05, 0.1) is 23.1 Å². The Labute approximate surface area is 206 Å². The monoisotopic (exact) mass is 474 g/mol. The van der Waals surface area contributed by atoms with Crippen LogP contribution in [0.25, 0.3) is 21.8 Å². The number of fused-ring (bicyclic) bond motifs is 4. The number of aromatic nitrogens is 2. The molecule has 1 aliphatic heterocycles. The molecule has 0 saturated carbocycles. The van der Waals surface area contributed by atoms with Crippen LogP contribution >= 0.6 is 0 Å². The summed E-state index contributed by atoms with van der Waals surface area (Å²) in [5, 5.41) is 7.46. The summed E-state index contributed by atoms with van der Waals surface area (Å²) in [6, 6.07) is 26.3. The molecule has 0 aliphatic carbocycles. The fourth-order valence-corrected chi connectivity index (χ4v) is 4.54. The maximum absolute atomic E-state index is 13.3. The summed E-state index contributed by atoms with van der Waals surface area (Å²) in [4.78, 5) is 40.2. The molecular weight excluding hydrogens is 452 g/mol. The summed E-state index contributed by atoms with van der Waals surface area (Å²) < 4.78 is 0. The van der Waals surface area contributed by atoms with Crippen molar-refractivity contribution < 1.29 is 9.59 Å². The van der Waals surface area contributed by atoms with Crippen LogP contribution in [0.4, 0.5) is 16.3 Å². The van der Waals surface area contributed by atoms with Gasteiger partial charge in [0.2, 0.25) is 6.17 Å². The number of likely N-dealkylation sites (N-methyl/N-ethyl adjacent to an activating group) is 1. The van der Waals surface area contributed by atoms with Crippen molar-refractivity contribution in [1.82, 2.24) is 15.3 Å². The van der Waals surface area contributed by atoms with Crippen LogP contribution in [-0.4, -0.2) is 40.8 Å². The number of nitrogens with zero attached hydrogens (tertiary/aromatic N) is 3. The number of amides is 3. The SMILES string of the molecule is CN1C(=O)[C@@H](NC(=O)Nc2cc3c(cn2)[nH]c2ccccc23)N=C(c2ccccc2)c2ccccc21. The number of hydrogen-bond acceptors (Lipinski definition) is 4. The lowest BCUT2D eigenvalue weighted by atomic mass is 10.0. The normalized spacial score (nSPS) is 15.4. The van der Waals surface area contributed by atoms with Crippen molar-refractivity contribution in [2.75, 3.05) is 17.3 Å². The largest absolute Gasteiger partial charge is 0.353 e. The van der Waals surface area contributed by atoms with Crippen LogP contribution in [0.15, 0.2) is 96.1 Å².